The number of primary amides is 1. The van der Waals surface area contributed by atoms with Crippen LogP contribution in [0.3, 0.4) is 0 Å². The summed E-state index contributed by atoms with van der Waals surface area (Å²) in [4.78, 5) is 22.3. The molecule has 0 aliphatic heterocycles. The summed E-state index contributed by atoms with van der Waals surface area (Å²) in [6.07, 6.45) is 0.0172. The summed E-state index contributed by atoms with van der Waals surface area (Å²) < 4.78 is 4.52. The molecule has 0 spiro atoms. The highest BCUT2D eigenvalue weighted by atomic mass is 32.2. The maximum absolute atomic E-state index is 11.2. The summed E-state index contributed by atoms with van der Waals surface area (Å²) >= 11 is 1.35. The first-order valence-electron chi connectivity index (χ1n) is 5.15. The molecule has 0 heterocycles. The molecule has 0 aliphatic carbocycles. The lowest BCUT2D eigenvalue weighted by atomic mass is 10.2. The highest BCUT2D eigenvalue weighted by molar-refractivity contribution is 7.99. The summed E-state index contributed by atoms with van der Waals surface area (Å²) in [5.41, 5.74) is 6.33. The van der Waals surface area contributed by atoms with E-state index in [1.807, 2.05) is 30.3 Å². The Morgan fingerprint density at radius 3 is 2.53 bits per heavy atom. The van der Waals surface area contributed by atoms with E-state index in [9.17, 15) is 9.59 Å². The monoisotopic (exact) mass is 253 g/mol. The van der Waals surface area contributed by atoms with Crippen LogP contribution in [0.2, 0.25) is 0 Å². The first-order chi connectivity index (χ1) is 8.13. The van der Waals surface area contributed by atoms with Crippen LogP contribution in [-0.2, 0) is 20.1 Å². The van der Waals surface area contributed by atoms with Crippen molar-refractivity contribution in [1.82, 2.24) is 0 Å². The molecular weight excluding hydrogens is 238 g/mol. The second kappa shape index (κ2) is 6.96. The number of hydrogen-bond donors (Lipinski definition) is 1. The zero-order chi connectivity index (χ0) is 12.7. The predicted molar refractivity (Wildman–Crippen MR) is 67.4 cm³/mol. The van der Waals surface area contributed by atoms with Gasteiger partial charge < -0.3 is 10.5 Å². The molecule has 2 N–H and O–H groups in total. The first-order valence-corrected chi connectivity index (χ1v) is 6.20. The number of amides is 1. The van der Waals surface area contributed by atoms with Crippen LogP contribution in [-0.4, -0.2) is 24.2 Å². The number of benzene rings is 1. The van der Waals surface area contributed by atoms with E-state index in [1.54, 1.807) is 0 Å². The van der Waals surface area contributed by atoms with Gasteiger partial charge >= 0.3 is 5.97 Å². The molecule has 4 nitrogen and oxygen atoms in total. The van der Waals surface area contributed by atoms with E-state index in [2.05, 4.69) is 4.74 Å². The predicted octanol–water partition coefficient (Wildman–Crippen LogP) is 1.34. The standard InChI is InChI=1S/C12H15NO3S/c1-16-11(14)7-10(12(13)15)17-8-9-5-3-2-4-6-9/h2-6,10H,7-8H2,1H3,(H2,13,15). The van der Waals surface area contributed by atoms with Gasteiger partial charge in [0.2, 0.25) is 5.91 Å². The molecule has 0 saturated carbocycles. The van der Waals surface area contributed by atoms with E-state index in [4.69, 9.17) is 5.73 Å². The van der Waals surface area contributed by atoms with Gasteiger partial charge in [0.25, 0.3) is 0 Å². The van der Waals surface area contributed by atoms with Gasteiger partial charge in [0.15, 0.2) is 0 Å². The van der Waals surface area contributed by atoms with Crippen LogP contribution in [0.1, 0.15) is 12.0 Å². The molecule has 1 rings (SSSR count). The molecule has 1 aromatic rings. The number of nitrogens with two attached hydrogens (primary N) is 1. The zero-order valence-corrected chi connectivity index (χ0v) is 10.4. The molecule has 17 heavy (non-hydrogen) atoms. The molecule has 92 valence electrons. The average Bonchev–Trinajstić information content (AvgIpc) is 2.35. The third kappa shape index (κ3) is 4.91. The Morgan fingerprint density at radius 1 is 1.35 bits per heavy atom. The van der Waals surface area contributed by atoms with Gasteiger partial charge in [0, 0.05) is 5.75 Å². The zero-order valence-electron chi connectivity index (χ0n) is 9.59. The topological polar surface area (TPSA) is 69.4 Å². The van der Waals surface area contributed by atoms with E-state index < -0.39 is 17.1 Å². The fourth-order valence-electron chi connectivity index (χ4n) is 1.25. The largest absolute Gasteiger partial charge is 0.469 e. The highest BCUT2D eigenvalue weighted by Crippen LogP contribution is 2.20. The molecule has 5 heteroatoms. The van der Waals surface area contributed by atoms with Crippen molar-refractivity contribution in [3.8, 4) is 0 Å². The van der Waals surface area contributed by atoms with Crippen LogP contribution in [0, 0.1) is 0 Å². The van der Waals surface area contributed by atoms with Crippen molar-refractivity contribution < 1.29 is 14.3 Å². The molecule has 0 radical (unpaired) electrons. The molecule has 0 saturated heterocycles. The summed E-state index contributed by atoms with van der Waals surface area (Å²) in [6.45, 7) is 0. The van der Waals surface area contributed by atoms with Gasteiger partial charge in [-0.05, 0) is 5.56 Å². The minimum atomic E-state index is -0.539. The fraction of sp³-hybridized carbons (Fsp3) is 0.333. The second-order valence-electron chi connectivity index (χ2n) is 3.47. The number of carbonyl (C=O) groups excluding carboxylic acids is 2. The van der Waals surface area contributed by atoms with Crippen molar-refractivity contribution in [3.63, 3.8) is 0 Å². The van der Waals surface area contributed by atoms with Crippen LogP contribution in [0.25, 0.3) is 0 Å². The molecule has 1 unspecified atom stereocenters. The molecule has 0 aliphatic rings. The Hall–Kier alpha value is -1.49. The lowest BCUT2D eigenvalue weighted by molar-refractivity contribution is -0.141. The first kappa shape index (κ1) is 13.6. The third-order valence-corrected chi connectivity index (χ3v) is 3.49. The second-order valence-corrected chi connectivity index (χ2v) is 4.66. The van der Waals surface area contributed by atoms with Crippen molar-refractivity contribution in [2.24, 2.45) is 5.73 Å². The lowest BCUT2D eigenvalue weighted by Crippen LogP contribution is -2.28. The van der Waals surface area contributed by atoms with E-state index in [-0.39, 0.29) is 6.42 Å². The maximum Gasteiger partial charge on any atom is 0.307 e. The minimum absolute atomic E-state index is 0.0172. The molecule has 0 aromatic heterocycles. The molecule has 1 atom stereocenters. The molecule has 0 bridgehead atoms. The fourth-order valence-corrected chi connectivity index (χ4v) is 2.25. The van der Waals surface area contributed by atoms with E-state index in [0.717, 1.165) is 5.56 Å². The van der Waals surface area contributed by atoms with Gasteiger partial charge in [0.05, 0.1) is 18.8 Å². The Kier molecular flexibility index (Phi) is 5.56. The number of ether oxygens (including phenoxy) is 1. The molecule has 1 aromatic carbocycles. The van der Waals surface area contributed by atoms with E-state index in [0.29, 0.717) is 5.75 Å². The van der Waals surface area contributed by atoms with E-state index >= 15 is 0 Å². The van der Waals surface area contributed by atoms with Crippen LogP contribution in [0.4, 0.5) is 0 Å². The molecule has 1 amide bonds. The van der Waals surface area contributed by atoms with Crippen molar-refractivity contribution >= 4 is 23.6 Å². The maximum atomic E-state index is 11.2. The Morgan fingerprint density at radius 2 is 2.00 bits per heavy atom. The number of thioether (sulfide) groups is 1. The smallest absolute Gasteiger partial charge is 0.307 e. The SMILES string of the molecule is COC(=O)CC(SCc1ccccc1)C(N)=O. The Bertz CT molecular complexity index is 381. The van der Waals surface area contributed by atoms with E-state index in [1.165, 1.54) is 18.9 Å². The number of hydrogen-bond acceptors (Lipinski definition) is 4. The van der Waals surface area contributed by atoms with Crippen molar-refractivity contribution in [1.29, 1.82) is 0 Å². The minimum Gasteiger partial charge on any atom is -0.469 e. The quantitative estimate of drug-likeness (QED) is 0.777. The normalized spacial score (nSPS) is 11.8. The van der Waals surface area contributed by atoms with Crippen LogP contribution in [0.5, 0.6) is 0 Å². The lowest BCUT2D eigenvalue weighted by Gasteiger charge is -2.11. The number of esters is 1. The Balaban J connectivity index is 2.50. The van der Waals surface area contributed by atoms with Crippen molar-refractivity contribution in [3.05, 3.63) is 35.9 Å². The molecule has 0 fully saturated rings. The van der Waals surface area contributed by atoms with Gasteiger partial charge in [-0.2, -0.15) is 0 Å². The Labute approximate surface area is 105 Å². The summed E-state index contributed by atoms with van der Waals surface area (Å²) in [5.74, 6) is -0.267. The van der Waals surface area contributed by atoms with Gasteiger partial charge in [-0.25, -0.2) is 0 Å². The van der Waals surface area contributed by atoms with Gasteiger partial charge in [-0.3, -0.25) is 9.59 Å². The van der Waals surface area contributed by atoms with Crippen LogP contribution < -0.4 is 5.73 Å². The third-order valence-electron chi connectivity index (χ3n) is 2.19. The average molecular weight is 253 g/mol. The number of carbonyl (C=O) groups is 2. The summed E-state index contributed by atoms with van der Waals surface area (Å²) in [6, 6.07) is 9.70. The van der Waals surface area contributed by atoms with Crippen molar-refractivity contribution in [2.45, 2.75) is 17.4 Å². The van der Waals surface area contributed by atoms with Crippen LogP contribution >= 0.6 is 11.8 Å². The number of methoxy groups -OCH3 is 1. The molecular formula is C12H15NO3S. The van der Waals surface area contributed by atoms with Crippen molar-refractivity contribution in [2.75, 3.05) is 7.11 Å². The summed E-state index contributed by atoms with van der Waals surface area (Å²) in [5, 5.41) is -0.539. The van der Waals surface area contributed by atoms with Gasteiger partial charge in [-0.15, -0.1) is 11.8 Å². The van der Waals surface area contributed by atoms with Gasteiger partial charge in [-0.1, -0.05) is 30.3 Å². The summed E-state index contributed by atoms with van der Waals surface area (Å²) in [7, 11) is 1.29. The highest BCUT2D eigenvalue weighted by Gasteiger charge is 2.20. The van der Waals surface area contributed by atoms with Crippen LogP contribution in [0.15, 0.2) is 30.3 Å². The number of rotatable bonds is 6. The van der Waals surface area contributed by atoms with Gasteiger partial charge in [0.1, 0.15) is 0 Å².